The highest BCUT2D eigenvalue weighted by atomic mass is 16.4. The first kappa shape index (κ1) is 14.0. The average molecular weight is 276 g/mol. The zero-order chi connectivity index (χ0) is 14.7. The third-order valence-electron chi connectivity index (χ3n) is 3.43. The van der Waals surface area contributed by atoms with Gasteiger partial charge < -0.3 is 15.7 Å². The van der Waals surface area contributed by atoms with Crippen molar-refractivity contribution in [3.63, 3.8) is 0 Å². The predicted molar refractivity (Wildman–Crippen MR) is 71.2 cm³/mol. The Kier molecular flexibility index (Phi) is 4.02. The quantitative estimate of drug-likeness (QED) is 0.846. The van der Waals surface area contributed by atoms with E-state index in [4.69, 9.17) is 10.8 Å². The minimum atomic E-state index is -0.847. The lowest BCUT2D eigenvalue weighted by atomic mass is 10.1. The van der Waals surface area contributed by atoms with Gasteiger partial charge in [0, 0.05) is 30.6 Å². The SMILES string of the molecule is NC(=O)c1cccc(C(=O)N2CCC(CC(=O)O)C2)c1. The molecule has 1 unspecified atom stereocenters. The largest absolute Gasteiger partial charge is 0.481 e. The number of nitrogens with two attached hydrogens (primary N) is 1. The second-order valence-corrected chi connectivity index (χ2v) is 4.95. The molecule has 1 heterocycles. The van der Waals surface area contributed by atoms with E-state index in [1.165, 1.54) is 6.07 Å². The highest BCUT2D eigenvalue weighted by molar-refractivity contribution is 5.99. The Morgan fingerprint density at radius 2 is 2.00 bits per heavy atom. The van der Waals surface area contributed by atoms with E-state index in [2.05, 4.69) is 0 Å². The van der Waals surface area contributed by atoms with Crippen LogP contribution in [0.25, 0.3) is 0 Å². The van der Waals surface area contributed by atoms with Gasteiger partial charge in [0.05, 0.1) is 0 Å². The van der Waals surface area contributed by atoms with E-state index < -0.39 is 11.9 Å². The number of carbonyl (C=O) groups is 3. The molecule has 106 valence electrons. The Bertz CT molecular complexity index is 556. The molecular weight excluding hydrogens is 260 g/mol. The lowest BCUT2D eigenvalue weighted by Crippen LogP contribution is -2.29. The maximum atomic E-state index is 12.3. The summed E-state index contributed by atoms with van der Waals surface area (Å²) in [5.74, 6) is -1.62. The molecule has 6 heteroatoms. The minimum absolute atomic E-state index is 0.00391. The second-order valence-electron chi connectivity index (χ2n) is 4.95. The Hall–Kier alpha value is -2.37. The number of nitrogens with zero attached hydrogens (tertiary/aromatic N) is 1. The molecule has 0 radical (unpaired) electrons. The summed E-state index contributed by atoms with van der Waals surface area (Å²) < 4.78 is 0. The molecule has 2 rings (SSSR count). The van der Waals surface area contributed by atoms with Crippen molar-refractivity contribution in [3.05, 3.63) is 35.4 Å². The number of benzene rings is 1. The van der Waals surface area contributed by atoms with Crippen molar-refractivity contribution in [1.29, 1.82) is 0 Å². The van der Waals surface area contributed by atoms with Crippen LogP contribution in [0, 0.1) is 5.92 Å². The number of carboxylic acids is 1. The standard InChI is InChI=1S/C14H16N2O4/c15-13(19)10-2-1-3-11(7-10)14(20)16-5-4-9(8-16)6-12(17)18/h1-3,7,9H,4-6,8H2,(H2,15,19)(H,17,18). The zero-order valence-corrected chi connectivity index (χ0v) is 10.9. The fraction of sp³-hybridized carbons (Fsp3) is 0.357. The van der Waals surface area contributed by atoms with Crippen LogP contribution in [-0.2, 0) is 4.79 Å². The highest BCUT2D eigenvalue weighted by Crippen LogP contribution is 2.21. The summed E-state index contributed by atoms with van der Waals surface area (Å²) in [4.78, 5) is 35.7. The van der Waals surface area contributed by atoms with E-state index in [1.807, 2.05) is 0 Å². The van der Waals surface area contributed by atoms with Gasteiger partial charge in [0.25, 0.3) is 5.91 Å². The summed E-state index contributed by atoms with van der Waals surface area (Å²) in [6.45, 7) is 0.976. The van der Waals surface area contributed by atoms with Gasteiger partial charge in [-0.15, -0.1) is 0 Å². The molecule has 0 saturated carbocycles. The van der Waals surface area contributed by atoms with Crippen molar-refractivity contribution in [2.45, 2.75) is 12.8 Å². The molecule has 2 amide bonds. The normalized spacial score (nSPS) is 18.0. The molecule has 20 heavy (non-hydrogen) atoms. The fourth-order valence-corrected chi connectivity index (χ4v) is 2.42. The molecular formula is C14H16N2O4. The molecule has 0 spiro atoms. The van der Waals surface area contributed by atoms with Crippen molar-refractivity contribution in [2.24, 2.45) is 11.7 Å². The Morgan fingerprint density at radius 3 is 2.65 bits per heavy atom. The molecule has 1 atom stereocenters. The molecule has 3 N–H and O–H groups in total. The van der Waals surface area contributed by atoms with Gasteiger partial charge in [0.1, 0.15) is 0 Å². The third kappa shape index (κ3) is 3.14. The van der Waals surface area contributed by atoms with Crippen LogP contribution in [0.3, 0.4) is 0 Å². The summed E-state index contributed by atoms with van der Waals surface area (Å²) in [5.41, 5.74) is 5.87. The Labute approximate surface area is 116 Å². The van der Waals surface area contributed by atoms with E-state index in [0.717, 1.165) is 0 Å². The summed E-state index contributed by atoms with van der Waals surface area (Å²) in [6.07, 6.45) is 0.763. The number of likely N-dealkylation sites (tertiary alicyclic amines) is 1. The lowest BCUT2D eigenvalue weighted by Gasteiger charge is -2.16. The number of amides is 2. The van der Waals surface area contributed by atoms with Gasteiger partial charge in [-0.1, -0.05) is 6.07 Å². The lowest BCUT2D eigenvalue weighted by molar-refractivity contribution is -0.138. The molecule has 0 bridgehead atoms. The smallest absolute Gasteiger partial charge is 0.303 e. The Morgan fingerprint density at radius 1 is 1.30 bits per heavy atom. The maximum absolute atomic E-state index is 12.3. The molecule has 1 saturated heterocycles. The average Bonchev–Trinajstić information content (AvgIpc) is 2.85. The predicted octanol–water partition coefficient (Wildman–Crippen LogP) is 0.722. The summed E-state index contributed by atoms with van der Waals surface area (Å²) >= 11 is 0. The van der Waals surface area contributed by atoms with Crippen LogP contribution in [0.2, 0.25) is 0 Å². The highest BCUT2D eigenvalue weighted by Gasteiger charge is 2.28. The fourth-order valence-electron chi connectivity index (χ4n) is 2.42. The van der Waals surface area contributed by atoms with Crippen LogP contribution >= 0.6 is 0 Å². The van der Waals surface area contributed by atoms with Gasteiger partial charge in [-0.3, -0.25) is 14.4 Å². The molecule has 1 aromatic rings. The number of aliphatic carboxylic acids is 1. The van der Waals surface area contributed by atoms with Gasteiger partial charge in [-0.2, -0.15) is 0 Å². The van der Waals surface area contributed by atoms with Crippen molar-refractivity contribution in [1.82, 2.24) is 4.90 Å². The third-order valence-corrected chi connectivity index (χ3v) is 3.43. The van der Waals surface area contributed by atoms with Crippen molar-refractivity contribution in [2.75, 3.05) is 13.1 Å². The van der Waals surface area contributed by atoms with Gasteiger partial charge in [-0.25, -0.2) is 0 Å². The minimum Gasteiger partial charge on any atom is -0.481 e. The van der Waals surface area contributed by atoms with Crippen molar-refractivity contribution < 1.29 is 19.5 Å². The molecule has 0 aromatic heterocycles. The molecule has 6 nitrogen and oxygen atoms in total. The second kappa shape index (κ2) is 5.73. The van der Waals surface area contributed by atoms with Gasteiger partial charge in [0.2, 0.25) is 5.91 Å². The first-order valence-corrected chi connectivity index (χ1v) is 6.38. The number of carboxylic acid groups (broad SMARTS) is 1. The molecule has 0 aliphatic carbocycles. The van der Waals surface area contributed by atoms with Crippen molar-refractivity contribution >= 4 is 17.8 Å². The number of carbonyl (C=O) groups excluding carboxylic acids is 2. The van der Waals surface area contributed by atoms with E-state index in [1.54, 1.807) is 23.1 Å². The maximum Gasteiger partial charge on any atom is 0.303 e. The topological polar surface area (TPSA) is 101 Å². The van der Waals surface area contributed by atoms with Gasteiger partial charge in [-0.05, 0) is 30.5 Å². The van der Waals surface area contributed by atoms with Gasteiger partial charge >= 0.3 is 5.97 Å². The van der Waals surface area contributed by atoms with Crippen molar-refractivity contribution in [3.8, 4) is 0 Å². The van der Waals surface area contributed by atoms with Crippen LogP contribution in [0.4, 0.5) is 0 Å². The number of rotatable bonds is 4. The molecule has 1 aliphatic heterocycles. The first-order chi connectivity index (χ1) is 9.47. The van der Waals surface area contributed by atoms with Crippen LogP contribution in [-0.4, -0.2) is 40.9 Å². The van der Waals surface area contributed by atoms with Crippen LogP contribution in [0.1, 0.15) is 33.6 Å². The number of hydrogen-bond acceptors (Lipinski definition) is 3. The molecule has 1 aromatic carbocycles. The molecule has 1 aliphatic rings. The van der Waals surface area contributed by atoms with Gasteiger partial charge in [0.15, 0.2) is 0 Å². The molecule has 1 fully saturated rings. The monoisotopic (exact) mass is 276 g/mol. The summed E-state index contributed by atoms with van der Waals surface area (Å²) in [6, 6.07) is 6.25. The first-order valence-electron chi connectivity index (χ1n) is 6.38. The van der Waals surface area contributed by atoms with E-state index >= 15 is 0 Å². The summed E-state index contributed by atoms with van der Waals surface area (Å²) in [7, 11) is 0. The number of hydrogen-bond donors (Lipinski definition) is 2. The van der Waals surface area contributed by atoms with Crippen LogP contribution < -0.4 is 5.73 Å². The van der Waals surface area contributed by atoms with E-state index in [0.29, 0.717) is 25.1 Å². The Balaban J connectivity index is 2.07. The van der Waals surface area contributed by atoms with E-state index in [9.17, 15) is 14.4 Å². The number of primary amides is 1. The zero-order valence-electron chi connectivity index (χ0n) is 10.9. The summed E-state index contributed by atoms with van der Waals surface area (Å²) in [5, 5.41) is 8.76. The van der Waals surface area contributed by atoms with Crippen LogP contribution in [0.15, 0.2) is 24.3 Å². The van der Waals surface area contributed by atoms with Crippen LogP contribution in [0.5, 0.6) is 0 Å². The van der Waals surface area contributed by atoms with E-state index in [-0.39, 0.29) is 23.8 Å².